The lowest BCUT2D eigenvalue weighted by molar-refractivity contribution is 1.24. The summed E-state index contributed by atoms with van der Waals surface area (Å²) in [5.41, 5.74) is 24.2. The third-order valence-electron chi connectivity index (χ3n) is 12.9. The molecule has 2 nitrogen and oxygen atoms in total. The number of hydrogen-bond acceptors (Lipinski definition) is 2. The summed E-state index contributed by atoms with van der Waals surface area (Å²) in [7, 11) is 0. The predicted octanol–water partition coefficient (Wildman–Crippen LogP) is 17.9. The summed E-state index contributed by atoms with van der Waals surface area (Å²) in [5, 5.41) is 7.49. The number of benzene rings is 10. The van der Waals surface area contributed by atoms with Gasteiger partial charge in [-0.1, -0.05) is 108 Å². The summed E-state index contributed by atoms with van der Waals surface area (Å²) >= 11 is 0. The molecule has 0 heterocycles. The molecule has 0 aromatic heterocycles. The van der Waals surface area contributed by atoms with Crippen LogP contribution in [0.15, 0.2) is 158 Å². The zero-order valence-corrected chi connectivity index (χ0v) is 38.9. The second-order valence-corrected chi connectivity index (χ2v) is 18.7. The third kappa shape index (κ3) is 7.37. The van der Waals surface area contributed by atoms with Gasteiger partial charge in [-0.05, 0) is 207 Å². The van der Waals surface area contributed by atoms with Crippen LogP contribution in [0.5, 0.6) is 0 Å². The molecule has 0 aliphatic heterocycles. The Morgan fingerprint density at radius 1 is 0.234 bits per heavy atom. The highest BCUT2D eigenvalue weighted by molar-refractivity contribution is 6.32. The second-order valence-electron chi connectivity index (χ2n) is 18.7. The largest absolute Gasteiger partial charge is 0.310 e. The molecule has 0 saturated heterocycles. The van der Waals surface area contributed by atoms with Crippen LogP contribution in [0.25, 0.3) is 54.6 Å². The van der Waals surface area contributed by atoms with Crippen molar-refractivity contribution in [2.45, 2.75) is 69.2 Å². The minimum Gasteiger partial charge on any atom is -0.310 e. The van der Waals surface area contributed by atoms with Crippen molar-refractivity contribution in [2.75, 3.05) is 9.80 Å². The quantitative estimate of drug-likeness (QED) is 0.141. The van der Waals surface area contributed by atoms with Crippen LogP contribution in [-0.4, -0.2) is 0 Å². The van der Waals surface area contributed by atoms with Crippen molar-refractivity contribution >= 4 is 66.4 Å². The van der Waals surface area contributed by atoms with E-state index in [0.717, 1.165) is 34.1 Å². The molecule has 314 valence electrons. The van der Waals surface area contributed by atoms with Crippen LogP contribution in [0, 0.1) is 69.2 Å². The zero-order valence-electron chi connectivity index (χ0n) is 38.9. The van der Waals surface area contributed by atoms with E-state index in [1.165, 1.54) is 110 Å². The van der Waals surface area contributed by atoms with Crippen molar-refractivity contribution in [2.24, 2.45) is 0 Å². The molecule has 0 atom stereocenters. The van der Waals surface area contributed by atoms with Crippen LogP contribution in [-0.2, 0) is 0 Å². The molecule has 0 unspecified atom stereocenters. The highest BCUT2D eigenvalue weighted by atomic mass is 15.2. The van der Waals surface area contributed by atoms with Crippen LogP contribution >= 0.6 is 0 Å². The van der Waals surface area contributed by atoms with Crippen molar-refractivity contribution in [1.29, 1.82) is 0 Å². The molecule has 0 fully saturated rings. The van der Waals surface area contributed by atoms with E-state index >= 15 is 0 Å². The second kappa shape index (κ2) is 15.9. The van der Waals surface area contributed by atoms with E-state index in [2.05, 4.69) is 237 Å². The van der Waals surface area contributed by atoms with Gasteiger partial charge in [0, 0.05) is 44.3 Å². The summed E-state index contributed by atoms with van der Waals surface area (Å²) < 4.78 is 0. The van der Waals surface area contributed by atoms with E-state index in [1.807, 2.05) is 0 Å². The molecule has 0 bridgehead atoms. The molecule has 2 heteroatoms. The number of nitrogens with zero attached hydrogens (tertiary/aromatic N) is 2. The first-order valence-corrected chi connectivity index (χ1v) is 22.6. The lowest BCUT2D eigenvalue weighted by Crippen LogP contribution is -2.13. The van der Waals surface area contributed by atoms with Gasteiger partial charge in [-0.15, -0.1) is 0 Å². The Balaban J connectivity index is 1.41. The summed E-state index contributed by atoms with van der Waals surface area (Å²) in [4.78, 5) is 5.03. The normalized spacial score (nSPS) is 11.6. The van der Waals surface area contributed by atoms with Gasteiger partial charge in [-0.25, -0.2) is 0 Å². The van der Waals surface area contributed by atoms with Crippen molar-refractivity contribution in [1.82, 2.24) is 0 Å². The fourth-order valence-corrected chi connectivity index (χ4v) is 10.4. The Hall–Kier alpha value is -7.16. The number of aryl methyl sites for hydroxylation is 10. The van der Waals surface area contributed by atoms with E-state index in [0.29, 0.717) is 0 Å². The number of rotatable bonds is 8. The van der Waals surface area contributed by atoms with Crippen LogP contribution < -0.4 is 9.80 Å². The van der Waals surface area contributed by atoms with Crippen molar-refractivity contribution in [3.63, 3.8) is 0 Å². The summed E-state index contributed by atoms with van der Waals surface area (Å²) in [6, 6.07) is 60.5. The molecular formula is C62H56N2. The van der Waals surface area contributed by atoms with Gasteiger partial charge in [0.2, 0.25) is 0 Å². The van der Waals surface area contributed by atoms with E-state index in [4.69, 9.17) is 0 Å². The number of anilines is 6. The van der Waals surface area contributed by atoms with Crippen LogP contribution in [0.2, 0.25) is 0 Å². The Bertz CT molecular complexity index is 3010. The first-order chi connectivity index (χ1) is 30.8. The van der Waals surface area contributed by atoms with Crippen molar-refractivity contribution in [3.05, 3.63) is 213 Å². The fourth-order valence-electron chi connectivity index (χ4n) is 10.4. The molecule has 64 heavy (non-hydrogen) atoms. The van der Waals surface area contributed by atoms with E-state index in [1.54, 1.807) is 0 Å². The molecule has 0 aliphatic rings. The lowest BCUT2D eigenvalue weighted by Gasteiger charge is -2.32. The Kier molecular flexibility index (Phi) is 10.1. The maximum absolute atomic E-state index is 2.52. The minimum absolute atomic E-state index is 1.16. The van der Waals surface area contributed by atoms with Gasteiger partial charge in [-0.2, -0.15) is 0 Å². The highest BCUT2D eigenvalue weighted by Gasteiger charge is 2.26. The van der Waals surface area contributed by atoms with Gasteiger partial charge in [0.1, 0.15) is 0 Å². The minimum atomic E-state index is 1.16. The monoisotopic (exact) mass is 828 g/mol. The first kappa shape index (κ1) is 40.9. The van der Waals surface area contributed by atoms with Crippen LogP contribution in [0.4, 0.5) is 34.1 Å². The summed E-state index contributed by atoms with van der Waals surface area (Å²) in [6.07, 6.45) is 0. The lowest BCUT2D eigenvalue weighted by atomic mass is 9.85. The Labute approximate surface area is 379 Å². The van der Waals surface area contributed by atoms with Crippen LogP contribution in [0.1, 0.15) is 55.6 Å². The average molecular weight is 829 g/mol. The molecule has 0 saturated carbocycles. The van der Waals surface area contributed by atoms with Crippen LogP contribution in [0.3, 0.4) is 0 Å². The van der Waals surface area contributed by atoms with E-state index < -0.39 is 0 Å². The van der Waals surface area contributed by atoms with E-state index in [9.17, 15) is 0 Å². The average Bonchev–Trinajstić information content (AvgIpc) is 3.23. The molecule has 10 aromatic rings. The molecule has 0 radical (unpaired) electrons. The molecule has 10 rings (SSSR count). The Morgan fingerprint density at radius 2 is 0.484 bits per heavy atom. The Morgan fingerprint density at radius 3 is 0.750 bits per heavy atom. The summed E-state index contributed by atoms with van der Waals surface area (Å²) in [5.74, 6) is 0. The molecule has 0 N–H and O–H groups in total. The third-order valence-corrected chi connectivity index (χ3v) is 12.9. The fraction of sp³-hybridized carbons (Fsp3) is 0.161. The van der Waals surface area contributed by atoms with Gasteiger partial charge in [-0.3, -0.25) is 0 Å². The van der Waals surface area contributed by atoms with Gasteiger partial charge in [0.25, 0.3) is 0 Å². The van der Waals surface area contributed by atoms with Gasteiger partial charge >= 0.3 is 0 Å². The summed E-state index contributed by atoms with van der Waals surface area (Å²) in [6.45, 7) is 22.0. The zero-order chi connectivity index (χ0) is 44.6. The highest BCUT2D eigenvalue weighted by Crippen LogP contribution is 2.52. The van der Waals surface area contributed by atoms with Crippen molar-refractivity contribution < 1.29 is 0 Å². The first-order valence-electron chi connectivity index (χ1n) is 22.6. The standard InChI is InChI=1S/C62H56N2/c1-37-11-15-47(16-12-37)57-35-59(63(49-27-39(3)23-40(4)28-49)50-29-41(5)24-42(6)30-50)55-22-20-54-58(48-17-13-38(2)14-18-48)36-60(56-21-19-53(57)61(55)62(54)56)64(51-31-43(7)25-44(8)32-51)52-33-45(9)26-46(10)34-52/h11-36H,1-10H3. The van der Waals surface area contributed by atoms with Gasteiger partial charge in [0.15, 0.2) is 0 Å². The maximum Gasteiger partial charge on any atom is 0.0546 e. The van der Waals surface area contributed by atoms with Gasteiger partial charge in [0.05, 0.1) is 11.4 Å². The smallest absolute Gasteiger partial charge is 0.0546 e. The molecule has 0 spiro atoms. The van der Waals surface area contributed by atoms with Crippen molar-refractivity contribution in [3.8, 4) is 22.3 Å². The molecule has 0 aliphatic carbocycles. The van der Waals surface area contributed by atoms with E-state index in [-0.39, 0.29) is 0 Å². The number of hydrogen-bond donors (Lipinski definition) is 0. The molecular weight excluding hydrogens is 773 g/mol. The topological polar surface area (TPSA) is 6.48 Å². The predicted molar refractivity (Wildman–Crippen MR) is 278 cm³/mol. The molecule has 0 amide bonds. The SMILES string of the molecule is Cc1ccc(-c2cc(N(c3cc(C)cc(C)c3)c3cc(C)cc(C)c3)c3ccc4c(-c5ccc(C)cc5)cc(N(c5cc(C)cc(C)c5)c5cc(C)cc(C)c5)c5ccc2c3c45)cc1. The van der Waals surface area contributed by atoms with Gasteiger partial charge < -0.3 is 9.80 Å². The maximum atomic E-state index is 2.52. The molecule has 10 aromatic carbocycles.